The first kappa shape index (κ1) is 15.9. The Morgan fingerprint density at radius 2 is 1.96 bits per heavy atom. The average Bonchev–Trinajstić information content (AvgIpc) is 3.19. The highest BCUT2D eigenvalue weighted by molar-refractivity contribution is 6.01. The van der Waals surface area contributed by atoms with Gasteiger partial charge in [-0.2, -0.15) is 0 Å². The molecule has 0 spiro atoms. The van der Waals surface area contributed by atoms with E-state index in [0.29, 0.717) is 5.56 Å². The third-order valence-corrected chi connectivity index (χ3v) is 4.88. The molecule has 6 heteroatoms. The van der Waals surface area contributed by atoms with Gasteiger partial charge >= 0.3 is 0 Å². The minimum Gasteiger partial charge on any atom is -0.395 e. The van der Waals surface area contributed by atoms with Crippen molar-refractivity contribution >= 4 is 17.4 Å². The topological polar surface area (TPSA) is 68.7 Å². The van der Waals surface area contributed by atoms with E-state index in [-0.39, 0.29) is 25.2 Å². The number of aromatic nitrogens is 1. The smallest absolute Gasteiger partial charge is 0.257 e. The van der Waals surface area contributed by atoms with Gasteiger partial charge in [0.1, 0.15) is 12.0 Å². The summed E-state index contributed by atoms with van der Waals surface area (Å²) in [4.78, 5) is 21.4. The number of para-hydroxylation sites is 1. The van der Waals surface area contributed by atoms with E-state index < -0.39 is 0 Å². The van der Waals surface area contributed by atoms with Crippen LogP contribution in [0.15, 0.2) is 42.6 Å². The molecule has 25 heavy (non-hydrogen) atoms. The highest BCUT2D eigenvalue weighted by atomic mass is 16.3. The van der Waals surface area contributed by atoms with Crippen molar-refractivity contribution in [1.29, 1.82) is 0 Å². The number of nitrogens with zero attached hydrogens (tertiary/aromatic N) is 3. The maximum Gasteiger partial charge on any atom is 0.257 e. The molecule has 3 heterocycles. The summed E-state index contributed by atoms with van der Waals surface area (Å²) < 4.78 is 0. The van der Waals surface area contributed by atoms with Crippen molar-refractivity contribution in [3.63, 3.8) is 0 Å². The number of carbonyl (C=O) groups is 1. The van der Waals surface area contributed by atoms with Crippen LogP contribution in [0, 0.1) is 0 Å². The van der Waals surface area contributed by atoms with Crippen molar-refractivity contribution in [2.24, 2.45) is 0 Å². The molecule has 0 aliphatic carbocycles. The van der Waals surface area contributed by atoms with Crippen molar-refractivity contribution < 1.29 is 9.90 Å². The van der Waals surface area contributed by atoms with Gasteiger partial charge in [0.2, 0.25) is 0 Å². The van der Waals surface area contributed by atoms with Crippen LogP contribution in [0.5, 0.6) is 0 Å². The summed E-state index contributed by atoms with van der Waals surface area (Å²) in [7, 11) is 0. The summed E-state index contributed by atoms with van der Waals surface area (Å²) in [5.74, 6) is 0.912. The molecule has 0 saturated carbocycles. The summed E-state index contributed by atoms with van der Waals surface area (Å²) >= 11 is 0. The van der Waals surface area contributed by atoms with Crippen LogP contribution in [0.4, 0.5) is 11.5 Å². The minimum atomic E-state index is -0.324. The van der Waals surface area contributed by atoms with Crippen LogP contribution in [0.3, 0.4) is 0 Å². The molecule has 1 amide bonds. The lowest BCUT2D eigenvalue weighted by Crippen LogP contribution is -2.44. The molecule has 2 N–H and O–H groups in total. The first-order valence-corrected chi connectivity index (χ1v) is 8.76. The molecule has 130 valence electrons. The predicted molar refractivity (Wildman–Crippen MR) is 96.6 cm³/mol. The number of amides is 1. The zero-order chi connectivity index (χ0) is 17.2. The normalized spacial score (nSPS) is 19.7. The zero-order valence-corrected chi connectivity index (χ0v) is 14.1. The Labute approximate surface area is 147 Å². The number of aliphatic hydroxyl groups excluding tert-OH is 1. The molecule has 4 rings (SSSR count). The maximum atomic E-state index is 12.8. The van der Waals surface area contributed by atoms with E-state index >= 15 is 0 Å². The standard InChI is InChI=1S/C19H22N4O2/c24-12-11-23-18(21-16-6-2-1-5-15(16)19(23)25)14-7-8-17(20-13-14)22-9-3-4-10-22/h1-2,5-8,13,18,21,24H,3-4,9-12H2. The lowest BCUT2D eigenvalue weighted by molar-refractivity contribution is 0.0640. The number of fused-ring (bicyclic) bond motifs is 1. The van der Waals surface area contributed by atoms with E-state index in [1.54, 1.807) is 11.0 Å². The number of aliphatic hydroxyl groups is 1. The number of rotatable bonds is 4. The first-order valence-electron chi connectivity index (χ1n) is 8.76. The molecule has 1 aromatic heterocycles. The number of nitrogens with one attached hydrogen (secondary N) is 1. The monoisotopic (exact) mass is 338 g/mol. The molecule has 2 aromatic rings. The Kier molecular flexibility index (Phi) is 4.28. The third kappa shape index (κ3) is 2.93. The van der Waals surface area contributed by atoms with Crippen molar-refractivity contribution in [3.8, 4) is 0 Å². The molecule has 2 aliphatic rings. The lowest BCUT2D eigenvalue weighted by Gasteiger charge is -2.37. The van der Waals surface area contributed by atoms with Crippen molar-refractivity contribution in [3.05, 3.63) is 53.7 Å². The second-order valence-corrected chi connectivity index (χ2v) is 6.46. The minimum absolute atomic E-state index is 0.0722. The van der Waals surface area contributed by atoms with E-state index in [2.05, 4.69) is 15.2 Å². The Hall–Kier alpha value is -2.60. The summed E-state index contributed by atoms with van der Waals surface area (Å²) in [6.07, 6.45) is 3.93. The van der Waals surface area contributed by atoms with Gasteiger partial charge in [0.25, 0.3) is 5.91 Å². The van der Waals surface area contributed by atoms with Gasteiger partial charge in [0.15, 0.2) is 0 Å². The summed E-state index contributed by atoms with van der Waals surface area (Å²) in [5.41, 5.74) is 2.36. The number of pyridine rings is 1. The second-order valence-electron chi connectivity index (χ2n) is 6.46. The van der Waals surface area contributed by atoms with Gasteiger partial charge in [0, 0.05) is 37.1 Å². The molecule has 1 saturated heterocycles. The molecule has 0 radical (unpaired) electrons. The van der Waals surface area contributed by atoms with E-state index in [9.17, 15) is 9.90 Å². The number of benzene rings is 1. The second kappa shape index (κ2) is 6.72. The SMILES string of the molecule is O=C1c2ccccc2NC(c2ccc(N3CCCC3)nc2)N1CCO. The van der Waals surface area contributed by atoms with Crippen LogP contribution in [-0.4, -0.2) is 47.1 Å². The Bertz CT molecular complexity index is 756. The Balaban J connectivity index is 1.64. The molecule has 1 fully saturated rings. The molecule has 2 aliphatic heterocycles. The van der Waals surface area contributed by atoms with E-state index in [1.807, 2.05) is 36.5 Å². The number of hydrogen-bond donors (Lipinski definition) is 2. The van der Waals surface area contributed by atoms with Crippen LogP contribution in [0.25, 0.3) is 0 Å². The predicted octanol–water partition coefficient (Wildman–Crippen LogP) is 2.24. The molecular formula is C19H22N4O2. The van der Waals surface area contributed by atoms with Crippen LogP contribution >= 0.6 is 0 Å². The largest absolute Gasteiger partial charge is 0.395 e. The van der Waals surface area contributed by atoms with Gasteiger partial charge in [-0.1, -0.05) is 12.1 Å². The number of β-amino-alcohol motifs (C(OH)–C–C–N with tert-alkyl or cyclic N) is 1. The summed E-state index contributed by atoms with van der Waals surface area (Å²) in [6.45, 7) is 2.30. The maximum absolute atomic E-state index is 12.8. The van der Waals surface area contributed by atoms with E-state index in [1.165, 1.54) is 12.8 Å². The first-order chi connectivity index (χ1) is 12.3. The van der Waals surface area contributed by atoms with Gasteiger partial charge in [-0.15, -0.1) is 0 Å². The lowest BCUT2D eigenvalue weighted by atomic mass is 10.0. The highest BCUT2D eigenvalue weighted by Gasteiger charge is 2.32. The van der Waals surface area contributed by atoms with Crippen molar-refractivity contribution in [2.75, 3.05) is 36.5 Å². The van der Waals surface area contributed by atoms with Crippen LogP contribution < -0.4 is 10.2 Å². The Morgan fingerprint density at radius 1 is 1.16 bits per heavy atom. The molecule has 6 nitrogen and oxygen atoms in total. The van der Waals surface area contributed by atoms with E-state index in [4.69, 9.17) is 0 Å². The fourth-order valence-corrected chi connectivity index (χ4v) is 3.59. The van der Waals surface area contributed by atoms with Crippen molar-refractivity contribution in [2.45, 2.75) is 19.0 Å². The molecule has 1 aromatic carbocycles. The number of carbonyl (C=O) groups excluding carboxylic acids is 1. The summed E-state index contributed by atoms with van der Waals surface area (Å²) in [5, 5.41) is 12.8. The van der Waals surface area contributed by atoms with Crippen LogP contribution in [-0.2, 0) is 0 Å². The van der Waals surface area contributed by atoms with Crippen LogP contribution in [0.1, 0.15) is 34.9 Å². The van der Waals surface area contributed by atoms with Crippen molar-refractivity contribution in [1.82, 2.24) is 9.88 Å². The number of hydrogen-bond acceptors (Lipinski definition) is 5. The Morgan fingerprint density at radius 3 is 2.68 bits per heavy atom. The van der Waals surface area contributed by atoms with E-state index in [0.717, 1.165) is 30.2 Å². The van der Waals surface area contributed by atoms with Gasteiger partial charge < -0.3 is 20.2 Å². The molecule has 0 bridgehead atoms. The summed E-state index contributed by atoms with van der Waals surface area (Å²) in [6, 6.07) is 11.5. The fraction of sp³-hybridized carbons (Fsp3) is 0.368. The quantitative estimate of drug-likeness (QED) is 0.895. The zero-order valence-electron chi connectivity index (χ0n) is 14.1. The third-order valence-electron chi connectivity index (χ3n) is 4.88. The fourth-order valence-electron chi connectivity index (χ4n) is 3.59. The molecular weight excluding hydrogens is 316 g/mol. The van der Waals surface area contributed by atoms with Gasteiger partial charge in [-0.3, -0.25) is 4.79 Å². The molecule has 1 atom stereocenters. The van der Waals surface area contributed by atoms with Gasteiger partial charge in [-0.05, 0) is 37.1 Å². The highest BCUT2D eigenvalue weighted by Crippen LogP contribution is 2.33. The van der Waals surface area contributed by atoms with Gasteiger partial charge in [-0.25, -0.2) is 4.98 Å². The average molecular weight is 338 g/mol. The number of anilines is 2. The van der Waals surface area contributed by atoms with Crippen LogP contribution in [0.2, 0.25) is 0 Å². The molecule has 1 unspecified atom stereocenters. The van der Waals surface area contributed by atoms with Gasteiger partial charge in [0.05, 0.1) is 12.2 Å².